The predicted molar refractivity (Wildman–Crippen MR) is 160 cm³/mol. The molecule has 218 valence electrons. The molecule has 3 heterocycles. The quantitative estimate of drug-likeness (QED) is 0.304. The number of thioether (sulfide) groups is 1. The Morgan fingerprint density at radius 1 is 1.12 bits per heavy atom. The van der Waals surface area contributed by atoms with E-state index in [9.17, 15) is 19.5 Å². The summed E-state index contributed by atoms with van der Waals surface area (Å²) >= 11 is 1.71. The van der Waals surface area contributed by atoms with Crippen molar-refractivity contribution in [2.75, 3.05) is 26.2 Å². The van der Waals surface area contributed by atoms with Gasteiger partial charge in [-0.3, -0.25) is 14.4 Å². The number of likely N-dealkylation sites (tertiary alicyclic amines) is 1. The number of carbonyl (C=O) groups is 3. The van der Waals surface area contributed by atoms with Gasteiger partial charge in [0.1, 0.15) is 6.04 Å². The van der Waals surface area contributed by atoms with Crippen LogP contribution < -0.4 is 0 Å². The summed E-state index contributed by atoms with van der Waals surface area (Å²) in [6, 6.07) is 9.21. The van der Waals surface area contributed by atoms with Gasteiger partial charge in [0.15, 0.2) is 0 Å². The maximum absolute atomic E-state index is 14.5. The van der Waals surface area contributed by atoms with Gasteiger partial charge in [0.2, 0.25) is 17.7 Å². The van der Waals surface area contributed by atoms with Crippen LogP contribution in [0.15, 0.2) is 55.6 Å². The van der Waals surface area contributed by atoms with E-state index in [1.807, 2.05) is 60.9 Å². The SMILES string of the molecule is C=CCN(Cc1ccccc1)C(=O)[C@@H]1[C@H]2C(=O)N(CCCCO)C(C(=O)N(CC=C)C(C)(C)C)C23S[C@@H]1CC3C. The van der Waals surface area contributed by atoms with E-state index in [1.54, 1.807) is 28.8 Å². The van der Waals surface area contributed by atoms with E-state index in [-0.39, 0.29) is 35.5 Å². The van der Waals surface area contributed by atoms with Gasteiger partial charge >= 0.3 is 0 Å². The Bertz CT molecular complexity index is 1120. The number of hydrogen-bond acceptors (Lipinski definition) is 5. The minimum atomic E-state index is -0.671. The topological polar surface area (TPSA) is 81.2 Å². The molecule has 0 aliphatic carbocycles. The number of rotatable bonds is 12. The van der Waals surface area contributed by atoms with Crippen LogP contribution in [0.2, 0.25) is 0 Å². The molecule has 2 bridgehead atoms. The maximum Gasteiger partial charge on any atom is 0.247 e. The van der Waals surface area contributed by atoms with Gasteiger partial charge in [0, 0.05) is 43.6 Å². The third kappa shape index (κ3) is 5.25. The zero-order valence-electron chi connectivity index (χ0n) is 24.4. The molecule has 8 heteroatoms. The number of unbranched alkanes of at least 4 members (excludes halogenated alkanes) is 1. The molecular weight excluding hydrogens is 522 g/mol. The molecule has 1 N–H and O–H groups in total. The summed E-state index contributed by atoms with van der Waals surface area (Å²) in [5.74, 6) is -1.15. The van der Waals surface area contributed by atoms with Gasteiger partial charge < -0.3 is 19.8 Å². The van der Waals surface area contributed by atoms with Crippen LogP contribution in [0.1, 0.15) is 52.5 Å². The fourth-order valence-electron chi connectivity index (χ4n) is 7.09. The number of carbonyl (C=O) groups excluding carboxylic acids is 3. The Morgan fingerprint density at radius 2 is 1.80 bits per heavy atom. The zero-order chi connectivity index (χ0) is 29.2. The summed E-state index contributed by atoms with van der Waals surface area (Å²) in [4.78, 5) is 48.6. The Kier molecular flexibility index (Phi) is 9.20. The first-order chi connectivity index (χ1) is 19.0. The number of amides is 3. The molecule has 4 rings (SSSR count). The molecular formula is C32H45N3O4S. The molecule has 3 amide bonds. The second kappa shape index (κ2) is 12.1. The molecule has 3 fully saturated rings. The number of benzene rings is 1. The zero-order valence-corrected chi connectivity index (χ0v) is 25.2. The van der Waals surface area contributed by atoms with Crippen molar-refractivity contribution in [3.05, 3.63) is 61.2 Å². The Balaban J connectivity index is 1.75. The third-order valence-corrected chi connectivity index (χ3v) is 10.9. The van der Waals surface area contributed by atoms with Gasteiger partial charge in [-0.2, -0.15) is 0 Å². The Morgan fingerprint density at radius 3 is 2.40 bits per heavy atom. The number of hydrogen-bond donors (Lipinski definition) is 1. The molecule has 7 nitrogen and oxygen atoms in total. The van der Waals surface area contributed by atoms with Gasteiger partial charge in [-0.25, -0.2) is 0 Å². The Labute approximate surface area is 243 Å². The highest BCUT2D eigenvalue weighted by Crippen LogP contribution is 2.69. The number of aliphatic hydroxyl groups excluding tert-OH is 1. The van der Waals surface area contributed by atoms with Crippen molar-refractivity contribution in [2.24, 2.45) is 17.8 Å². The lowest BCUT2D eigenvalue weighted by Gasteiger charge is -2.44. The second-order valence-electron chi connectivity index (χ2n) is 12.4. The minimum Gasteiger partial charge on any atom is -0.396 e. The monoisotopic (exact) mass is 567 g/mol. The standard InChI is InChI=1S/C32H45N3O4S/c1-7-16-33(21-23-14-10-9-11-15-23)28(37)25-24-20-22(3)32(40-24)26(25)29(38)34(18-12-13-19-36)27(32)30(39)35(17-8-2)31(4,5)6/h7-11,14-15,22,24-27,36H,1-2,12-13,16-21H2,3-6H3/t22?,24-,25+,26+,27?,32?/m1/s1. The van der Waals surface area contributed by atoms with E-state index in [1.165, 1.54) is 0 Å². The van der Waals surface area contributed by atoms with Gasteiger partial charge in [0.05, 0.1) is 16.6 Å². The lowest BCUT2D eigenvalue weighted by Crippen LogP contribution is -2.60. The Hall–Kier alpha value is -2.58. The summed E-state index contributed by atoms with van der Waals surface area (Å²) in [6.07, 6.45) is 5.42. The highest BCUT2D eigenvalue weighted by Gasteiger charge is 2.76. The molecule has 3 saturated heterocycles. The number of nitrogens with zero attached hydrogens (tertiary/aromatic N) is 3. The largest absolute Gasteiger partial charge is 0.396 e. The summed E-state index contributed by atoms with van der Waals surface area (Å²) in [7, 11) is 0. The van der Waals surface area contributed by atoms with Gasteiger partial charge in [-0.05, 0) is 51.5 Å². The average molecular weight is 568 g/mol. The normalized spacial score (nSPS) is 28.9. The molecule has 0 saturated carbocycles. The van der Waals surface area contributed by atoms with E-state index in [0.717, 1.165) is 12.0 Å². The molecule has 1 spiro atoms. The molecule has 3 aliphatic rings. The molecule has 3 unspecified atom stereocenters. The molecule has 1 aromatic carbocycles. The van der Waals surface area contributed by atoms with Crippen LogP contribution in [0.25, 0.3) is 0 Å². The van der Waals surface area contributed by atoms with Crippen LogP contribution in [0.4, 0.5) is 0 Å². The first-order valence-electron chi connectivity index (χ1n) is 14.5. The van der Waals surface area contributed by atoms with Crippen LogP contribution in [0, 0.1) is 17.8 Å². The van der Waals surface area contributed by atoms with Crippen molar-refractivity contribution >= 4 is 29.5 Å². The lowest BCUT2D eigenvalue weighted by molar-refractivity contribution is -0.146. The van der Waals surface area contributed by atoms with Crippen molar-refractivity contribution in [1.82, 2.24) is 14.7 Å². The fourth-order valence-corrected chi connectivity index (χ4v) is 9.50. The van der Waals surface area contributed by atoms with Crippen LogP contribution in [-0.4, -0.2) is 85.3 Å². The van der Waals surface area contributed by atoms with Crippen LogP contribution in [0.3, 0.4) is 0 Å². The van der Waals surface area contributed by atoms with E-state index >= 15 is 0 Å². The van der Waals surface area contributed by atoms with Gasteiger partial charge in [-0.15, -0.1) is 24.9 Å². The first kappa shape index (κ1) is 30.4. The summed E-state index contributed by atoms with van der Waals surface area (Å²) < 4.78 is -0.671. The second-order valence-corrected chi connectivity index (χ2v) is 14.0. The first-order valence-corrected chi connectivity index (χ1v) is 15.4. The van der Waals surface area contributed by atoms with E-state index in [2.05, 4.69) is 20.1 Å². The van der Waals surface area contributed by atoms with Crippen LogP contribution in [0.5, 0.6) is 0 Å². The van der Waals surface area contributed by atoms with Crippen LogP contribution >= 0.6 is 11.8 Å². The van der Waals surface area contributed by atoms with Crippen molar-refractivity contribution in [2.45, 2.75) is 75.1 Å². The lowest BCUT2D eigenvalue weighted by atomic mass is 9.65. The predicted octanol–water partition coefficient (Wildman–Crippen LogP) is 4.12. The van der Waals surface area contributed by atoms with E-state index in [0.29, 0.717) is 39.0 Å². The van der Waals surface area contributed by atoms with Crippen molar-refractivity contribution in [1.29, 1.82) is 0 Å². The van der Waals surface area contributed by atoms with Gasteiger partial charge in [-0.1, -0.05) is 49.4 Å². The number of aliphatic hydroxyl groups is 1. The fraction of sp³-hybridized carbons (Fsp3) is 0.594. The van der Waals surface area contributed by atoms with E-state index in [4.69, 9.17) is 0 Å². The summed E-state index contributed by atoms with van der Waals surface area (Å²) in [5.41, 5.74) is 0.564. The van der Waals surface area contributed by atoms with Crippen LogP contribution in [-0.2, 0) is 20.9 Å². The molecule has 6 atom stereocenters. The molecule has 0 radical (unpaired) electrons. The maximum atomic E-state index is 14.5. The summed E-state index contributed by atoms with van der Waals surface area (Å²) in [6.45, 7) is 17.6. The molecule has 40 heavy (non-hydrogen) atoms. The van der Waals surface area contributed by atoms with E-state index < -0.39 is 28.2 Å². The van der Waals surface area contributed by atoms with Crippen molar-refractivity contribution in [3.8, 4) is 0 Å². The smallest absolute Gasteiger partial charge is 0.247 e. The van der Waals surface area contributed by atoms with Gasteiger partial charge in [0.25, 0.3) is 0 Å². The third-order valence-electron chi connectivity index (χ3n) is 8.84. The van der Waals surface area contributed by atoms with Crippen molar-refractivity contribution < 1.29 is 19.5 Å². The highest BCUT2D eigenvalue weighted by molar-refractivity contribution is 8.02. The minimum absolute atomic E-state index is 0.0167. The van der Waals surface area contributed by atoms with Crippen molar-refractivity contribution in [3.63, 3.8) is 0 Å². The highest BCUT2D eigenvalue weighted by atomic mass is 32.2. The average Bonchev–Trinajstić information content (AvgIpc) is 3.50. The summed E-state index contributed by atoms with van der Waals surface area (Å²) in [5, 5.41) is 9.43. The molecule has 3 aliphatic heterocycles. The number of fused-ring (bicyclic) bond motifs is 1. The molecule has 1 aromatic rings. The molecule has 0 aromatic heterocycles.